The van der Waals surface area contributed by atoms with Crippen molar-refractivity contribution >= 4 is 17.2 Å². The first-order valence-corrected chi connectivity index (χ1v) is 11.0. The molecule has 1 aliphatic heterocycles. The number of aliphatic hydroxyl groups is 1. The highest BCUT2D eigenvalue weighted by Crippen LogP contribution is 2.39. The van der Waals surface area contributed by atoms with Crippen LogP contribution in [0.4, 0.5) is 5.82 Å². The minimum atomic E-state index is -0.928. The zero-order chi connectivity index (χ0) is 21.6. The maximum absolute atomic E-state index is 13.0. The van der Waals surface area contributed by atoms with Crippen LogP contribution in [0, 0.1) is 0 Å². The molecular weight excluding hydrogens is 392 g/mol. The second-order valence-electron chi connectivity index (χ2n) is 9.05. The van der Waals surface area contributed by atoms with E-state index in [1.807, 2.05) is 22.7 Å². The Hall–Kier alpha value is -2.77. The Kier molecular flexibility index (Phi) is 5.02. The number of hydrogen-bond acceptors (Lipinski definition) is 6. The molecular formula is C24H28N4O3. The highest BCUT2D eigenvalue weighted by Gasteiger charge is 2.28. The number of nitrogens with zero attached hydrogens (tertiary/aromatic N) is 4. The van der Waals surface area contributed by atoms with Gasteiger partial charge in [0.25, 0.3) is 0 Å². The molecule has 1 aliphatic carbocycles. The number of anilines is 1. The summed E-state index contributed by atoms with van der Waals surface area (Å²) in [6.45, 7) is 6.42. The Labute approximate surface area is 181 Å². The van der Waals surface area contributed by atoms with Crippen LogP contribution in [0.1, 0.15) is 59.9 Å². The van der Waals surface area contributed by atoms with Gasteiger partial charge in [-0.3, -0.25) is 4.79 Å². The van der Waals surface area contributed by atoms with Crippen molar-refractivity contribution in [3.8, 4) is 0 Å². The van der Waals surface area contributed by atoms with Crippen LogP contribution in [0.5, 0.6) is 0 Å². The van der Waals surface area contributed by atoms with Gasteiger partial charge in [-0.2, -0.15) is 9.61 Å². The maximum Gasteiger partial charge on any atom is 0.168 e. The van der Waals surface area contributed by atoms with E-state index < -0.39 is 5.60 Å². The lowest BCUT2D eigenvalue weighted by atomic mass is 9.96. The van der Waals surface area contributed by atoms with E-state index in [-0.39, 0.29) is 12.2 Å². The van der Waals surface area contributed by atoms with Crippen LogP contribution in [-0.4, -0.2) is 51.8 Å². The van der Waals surface area contributed by atoms with Crippen LogP contribution in [-0.2, 0) is 16.8 Å². The van der Waals surface area contributed by atoms with Crippen LogP contribution in [0.25, 0.3) is 5.65 Å². The quantitative estimate of drug-likeness (QED) is 0.618. The smallest absolute Gasteiger partial charge is 0.168 e. The highest BCUT2D eigenvalue weighted by molar-refractivity contribution is 5.97. The van der Waals surface area contributed by atoms with E-state index in [0.717, 1.165) is 41.5 Å². The Morgan fingerprint density at radius 2 is 1.87 bits per heavy atom. The zero-order valence-corrected chi connectivity index (χ0v) is 18.0. The van der Waals surface area contributed by atoms with Gasteiger partial charge in [0.15, 0.2) is 11.4 Å². The number of aromatic nitrogens is 3. The lowest BCUT2D eigenvalue weighted by molar-refractivity contribution is 0.0784. The average molecular weight is 421 g/mol. The highest BCUT2D eigenvalue weighted by atomic mass is 16.5. The Morgan fingerprint density at radius 3 is 2.52 bits per heavy atom. The summed E-state index contributed by atoms with van der Waals surface area (Å²) in [6.07, 6.45) is 2.59. The average Bonchev–Trinajstić information content (AvgIpc) is 3.52. The third-order valence-electron chi connectivity index (χ3n) is 6.07. The van der Waals surface area contributed by atoms with E-state index >= 15 is 0 Å². The molecule has 1 N–H and O–H groups in total. The van der Waals surface area contributed by atoms with Gasteiger partial charge in [0.1, 0.15) is 5.82 Å². The minimum Gasteiger partial charge on any atom is -0.386 e. The number of morpholine rings is 1. The van der Waals surface area contributed by atoms with Gasteiger partial charge in [-0.1, -0.05) is 24.3 Å². The van der Waals surface area contributed by atoms with Crippen LogP contribution in [0.15, 0.2) is 36.4 Å². The summed E-state index contributed by atoms with van der Waals surface area (Å²) in [5, 5.41) is 15.0. The van der Waals surface area contributed by atoms with Crippen molar-refractivity contribution in [2.45, 2.75) is 44.6 Å². The zero-order valence-electron chi connectivity index (χ0n) is 18.0. The lowest BCUT2D eigenvalue weighted by Gasteiger charge is -2.29. The Morgan fingerprint density at radius 1 is 1.16 bits per heavy atom. The largest absolute Gasteiger partial charge is 0.386 e. The summed E-state index contributed by atoms with van der Waals surface area (Å²) in [7, 11) is 0. The normalized spacial score (nSPS) is 17.3. The fourth-order valence-electron chi connectivity index (χ4n) is 4.04. The molecule has 1 saturated carbocycles. The Balaban J connectivity index is 1.45. The molecule has 0 spiro atoms. The van der Waals surface area contributed by atoms with Crippen LogP contribution >= 0.6 is 0 Å². The van der Waals surface area contributed by atoms with Crippen molar-refractivity contribution < 1.29 is 14.6 Å². The van der Waals surface area contributed by atoms with Crippen molar-refractivity contribution in [2.24, 2.45) is 0 Å². The van der Waals surface area contributed by atoms with Gasteiger partial charge in [-0.25, -0.2) is 4.98 Å². The number of ketones is 1. The molecule has 2 aromatic heterocycles. The molecule has 2 aliphatic rings. The van der Waals surface area contributed by atoms with Crippen molar-refractivity contribution in [3.63, 3.8) is 0 Å². The predicted molar refractivity (Wildman–Crippen MR) is 118 cm³/mol. The molecule has 3 heterocycles. The summed E-state index contributed by atoms with van der Waals surface area (Å²) in [6, 6.07) is 11.2. The van der Waals surface area contributed by atoms with E-state index in [1.165, 1.54) is 12.8 Å². The molecule has 0 bridgehead atoms. The molecule has 1 saturated heterocycles. The van der Waals surface area contributed by atoms with E-state index in [1.54, 1.807) is 26.0 Å². The predicted octanol–water partition coefficient (Wildman–Crippen LogP) is 3.10. The first-order chi connectivity index (χ1) is 14.9. The molecule has 7 nitrogen and oxygen atoms in total. The van der Waals surface area contributed by atoms with Gasteiger partial charge < -0.3 is 14.7 Å². The van der Waals surface area contributed by atoms with Crippen LogP contribution < -0.4 is 4.90 Å². The van der Waals surface area contributed by atoms with Crippen molar-refractivity contribution in [3.05, 3.63) is 58.9 Å². The summed E-state index contributed by atoms with van der Waals surface area (Å²) >= 11 is 0. The molecule has 2 fully saturated rings. The summed E-state index contributed by atoms with van der Waals surface area (Å²) < 4.78 is 7.44. The number of Topliss-reactive ketones (excluding diaryl/α,β-unsaturated/α-hetero) is 1. The molecule has 3 aromatic rings. The van der Waals surface area contributed by atoms with Crippen molar-refractivity contribution in [1.82, 2.24) is 14.6 Å². The fourth-order valence-corrected chi connectivity index (χ4v) is 4.04. The van der Waals surface area contributed by atoms with Gasteiger partial charge >= 0.3 is 0 Å². The number of ether oxygens (including phenoxy) is 1. The number of carbonyl (C=O) groups excluding carboxylic acids is 1. The standard InChI is InChI=1S/C24H28N4O3/c1-24(2,30)18-7-5-17(6-8-18)21(29)13-19-14-23(27-9-11-31-12-10-27)28-22(25-19)15-20(26-28)16-3-4-16/h5-8,14-16,30H,3-4,9-13H2,1-2H3. The minimum absolute atomic E-state index is 0.00834. The molecule has 1 aromatic carbocycles. The van der Waals surface area contributed by atoms with E-state index in [9.17, 15) is 9.90 Å². The number of rotatable bonds is 6. The van der Waals surface area contributed by atoms with E-state index in [4.69, 9.17) is 14.8 Å². The maximum atomic E-state index is 13.0. The van der Waals surface area contributed by atoms with Gasteiger partial charge in [0.2, 0.25) is 0 Å². The van der Waals surface area contributed by atoms with Crippen molar-refractivity contribution in [1.29, 1.82) is 0 Å². The van der Waals surface area contributed by atoms with E-state index in [0.29, 0.717) is 24.7 Å². The number of hydrogen-bond donors (Lipinski definition) is 1. The van der Waals surface area contributed by atoms with Crippen LogP contribution in [0.2, 0.25) is 0 Å². The van der Waals surface area contributed by atoms with Crippen LogP contribution in [0.3, 0.4) is 0 Å². The van der Waals surface area contributed by atoms with Gasteiger partial charge in [-0.15, -0.1) is 0 Å². The molecule has 5 rings (SSSR count). The molecule has 0 atom stereocenters. The summed E-state index contributed by atoms with van der Waals surface area (Å²) in [5.74, 6) is 1.52. The third-order valence-corrected chi connectivity index (χ3v) is 6.07. The van der Waals surface area contributed by atoms with Crippen molar-refractivity contribution in [2.75, 3.05) is 31.2 Å². The molecule has 0 radical (unpaired) electrons. The molecule has 162 valence electrons. The van der Waals surface area contributed by atoms with Gasteiger partial charge in [0, 0.05) is 36.7 Å². The summed E-state index contributed by atoms with van der Waals surface area (Å²) in [4.78, 5) is 20.0. The third kappa shape index (κ3) is 4.20. The lowest BCUT2D eigenvalue weighted by Crippen LogP contribution is -2.37. The van der Waals surface area contributed by atoms with E-state index in [2.05, 4.69) is 11.0 Å². The second-order valence-corrected chi connectivity index (χ2v) is 9.05. The monoisotopic (exact) mass is 420 g/mol. The van der Waals surface area contributed by atoms with Gasteiger partial charge in [0.05, 0.1) is 36.6 Å². The summed E-state index contributed by atoms with van der Waals surface area (Å²) in [5.41, 5.74) is 3.11. The van der Waals surface area contributed by atoms with Gasteiger partial charge in [-0.05, 0) is 32.3 Å². The number of benzene rings is 1. The first-order valence-electron chi connectivity index (χ1n) is 11.0. The number of fused-ring (bicyclic) bond motifs is 1. The molecule has 7 heteroatoms. The fraction of sp³-hybridized carbons (Fsp3) is 0.458. The SMILES string of the molecule is CC(C)(O)c1ccc(C(=O)Cc2cc(N3CCOCC3)n3nc(C4CC4)cc3n2)cc1. The molecule has 0 unspecified atom stereocenters. The first kappa shape index (κ1) is 20.2. The Bertz CT molecular complexity index is 1100. The second kappa shape index (κ2) is 7.73. The number of carbonyl (C=O) groups is 1. The molecule has 0 amide bonds. The molecule has 31 heavy (non-hydrogen) atoms. The topological polar surface area (TPSA) is 80.0 Å².